The molecule has 0 aliphatic heterocycles. The van der Waals surface area contributed by atoms with Gasteiger partial charge in [-0.3, -0.25) is 0 Å². The van der Waals surface area contributed by atoms with Crippen molar-refractivity contribution in [1.82, 2.24) is 0 Å². The molecule has 5 aromatic carbocycles. The van der Waals surface area contributed by atoms with E-state index in [9.17, 15) is 0 Å². The first-order chi connectivity index (χ1) is 15.7. The smallest absolute Gasteiger partial charge is 0.0406 e. The van der Waals surface area contributed by atoms with Crippen molar-refractivity contribution in [3.05, 3.63) is 130 Å². The predicted molar refractivity (Wildman–Crippen MR) is 136 cm³/mol. The van der Waals surface area contributed by atoms with Gasteiger partial charge < -0.3 is 0 Å². The summed E-state index contributed by atoms with van der Waals surface area (Å²) in [5.41, 5.74) is 6.57. The van der Waals surface area contributed by atoms with E-state index in [2.05, 4.69) is 135 Å². The molecule has 0 aliphatic carbocycles. The summed E-state index contributed by atoms with van der Waals surface area (Å²) in [6, 6.07) is 33.8. The minimum Gasteiger partial charge on any atom is -0.0617 e. The van der Waals surface area contributed by atoms with Gasteiger partial charge in [0.05, 0.1) is 0 Å². The molecule has 32 heavy (non-hydrogen) atoms. The van der Waals surface area contributed by atoms with Crippen LogP contribution >= 0.6 is 0 Å². The number of benzene rings is 5. The molecule has 0 saturated carbocycles. The van der Waals surface area contributed by atoms with E-state index in [1.165, 1.54) is 27.3 Å². The van der Waals surface area contributed by atoms with E-state index >= 15 is 0 Å². The Morgan fingerprint density at radius 1 is 0.438 bits per heavy atom. The first kappa shape index (κ1) is 19.7. The first-order valence-electron chi connectivity index (χ1n) is 10.8. The van der Waals surface area contributed by atoms with E-state index in [1.54, 1.807) is 0 Å². The number of hydrogen-bond acceptors (Lipinski definition) is 0. The lowest BCUT2D eigenvalue weighted by molar-refractivity contribution is 1.46. The van der Waals surface area contributed by atoms with Crippen molar-refractivity contribution < 1.29 is 0 Å². The largest absolute Gasteiger partial charge is 0.0617 e. The van der Waals surface area contributed by atoms with Gasteiger partial charge in [0.25, 0.3) is 0 Å². The van der Waals surface area contributed by atoms with Crippen LogP contribution in [0.1, 0.15) is 33.4 Å². The average Bonchev–Trinajstić information content (AvgIpc) is 2.82. The third-order valence-corrected chi connectivity index (χ3v) is 5.65. The molecule has 150 valence electrons. The zero-order chi connectivity index (χ0) is 21.9. The zero-order valence-corrected chi connectivity index (χ0v) is 18.2. The second-order valence-corrected chi connectivity index (χ2v) is 8.14. The van der Waals surface area contributed by atoms with Gasteiger partial charge >= 0.3 is 0 Å². The summed E-state index contributed by atoms with van der Waals surface area (Å²) < 4.78 is 0. The highest BCUT2D eigenvalue weighted by atomic mass is 14.1. The van der Waals surface area contributed by atoms with E-state index in [0.717, 1.165) is 27.6 Å². The molecule has 0 amide bonds. The maximum absolute atomic E-state index is 3.48. The van der Waals surface area contributed by atoms with E-state index in [1.807, 2.05) is 0 Å². The van der Waals surface area contributed by atoms with Gasteiger partial charge in [-0.1, -0.05) is 89.4 Å². The third kappa shape index (κ3) is 4.13. The molecule has 0 N–H and O–H groups in total. The van der Waals surface area contributed by atoms with Gasteiger partial charge in [-0.05, 0) is 77.9 Å². The first-order valence-corrected chi connectivity index (χ1v) is 10.8. The van der Waals surface area contributed by atoms with Gasteiger partial charge in [0.15, 0.2) is 0 Å². The molecule has 0 fully saturated rings. The van der Waals surface area contributed by atoms with E-state index in [0.29, 0.717) is 0 Å². The fourth-order valence-electron chi connectivity index (χ4n) is 3.83. The van der Waals surface area contributed by atoms with Gasteiger partial charge in [0, 0.05) is 22.3 Å². The van der Waals surface area contributed by atoms with Crippen molar-refractivity contribution in [2.45, 2.75) is 13.8 Å². The van der Waals surface area contributed by atoms with Crippen LogP contribution in [0.3, 0.4) is 0 Å². The van der Waals surface area contributed by atoms with Crippen LogP contribution < -0.4 is 0 Å². The molecule has 0 spiro atoms. The van der Waals surface area contributed by atoms with E-state index in [4.69, 9.17) is 0 Å². The molecular formula is C32H22. The van der Waals surface area contributed by atoms with Crippen LogP contribution in [0.25, 0.3) is 21.5 Å². The van der Waals surface area contributed by atoms with Crippen LogP contribution in [0.2, 0.25) is 0 Å². The summed E-state index contributed by atoms with van der Waals surface area (Å²) in [5.74, 6) is 13.5. The predicted octanol–water partition coefficient (Wildman–Crippen LogP) is 7.41. The maximum atomic E-state index is 3.48. The molecule has 0 nitrogen and oxygen atoms in total. The lowest BCUT2D eigenvalue weighted by Gasteiger charge is -2.07. The van der Waals surface area contributed by atoms with Crippen LogP contribution in [-0.4, -0.2) is 0 Å². The van der Waals surface area contributed by atoms with Crippen molar-refractivity contribution in [3.63, 3.8) is 0 Å². The number of hydrogen-bond donors (Lipinski definition) is 0. The number of fused-ring (bicyclic) bond motifs is 2. The summed E-state index contributed by atoms with van der Waals surface area (Å²) >= 11 is 0. The Morgan fingerprint density at radius 2 is 0.969 bits per heavy atom. The van der Waals surface area contributed by atoms with Gasteiger partial charge in [-0.25, -0.2) is 0 Å². The summed E-state index contributed by atoms with van der Waals surface area (Å²) in [5, 5.41) is 4.69. The van der Waals surface area contributed by atoms with Crippen molar-refractivity contribution in [1.29, 1.82) is 0 Å². The Morgan fingerprint density at radius 3 is 1.66 bits per heavy atom. The van der Waals surface area contributed by atoms with Gasteiger partial charge in [0.2, 0.25) is 0 Å². The molecule has 0 heteroatoms. The molecule has 0 aliphatic rings. The molecule has 0 radical (unpaired) electrons. The quantitative estimate of drug-likeness (QED) is 0.185. The van der Waals surface area contributed by atoms with E-state index in [-0.39, 0.29) is 0 Å². The molecule has 0 atom stereocenters. The highest BCUT2D eigenvalue weighted by Gasteiger charge is 2.06. The summed E-state index contributed by atoms with van der Waals surface area (Å²) in [6.45, 7) is 4.18. The fraction of sp³-hybridized carbons (Fsp3) is 0.0625. The molecule has 0 saturated heterocycles. The van der Waals surface area contributed by atoms with Crippen molar-refractivity contribution in [3.8, 4) is 23.7 Å². The van der Waals surface area contributed by atoms with Crippen LogP contribution in [0.15, 0.2) is 97.1 Å². The van der Waals surface area contributed by atoms with E-state index < -0.39 is 0 Å². The average molecular weight is 407 g/mol. The second-order valence-electron chi connectivity index (χ2n) is 8.14. The zero-order valence-electron chi connectivity index (χ0n) is 18.2. The monoisotopic (exact) mass is 406 g/mol. The second kappa shape index (κ2) is 8.47. The van der Waals surface area contributed by atoms with Crippen LogP contribution in [0, 0.1) is 37.5 Å². The van der Waals surface area contributed by atoms with Crippen molar-refractivity contribution in [2.75, 3.05) is 0 Å². The SMILES string of the molecule is Cc1ccc(C#Cc2ccc3cc4ccccc4c(C#Cc4ccc(C)cc4)c3c2)cc1. The Bertz CT molecular complexity index is 1560. The number of aryl methyl sites for hydroxylation is 2. The Kier molecular flexibility index (Phi) is 5.21. The fourth-order valence-corrected chi connectivity index (χ4v) is 3.83. The Labute approximate surface area is 189 Å². The Hall–Kier alpha value is -4.26. The molecule has 5 rings (SSSR count). The molecule has 0 bridgehead atoms. The summed E-state index contributed by atoms with van der Waals surface area (Å²) in [7, 11) is 0. The third-order valence-electron chi connectivity index (χ3n) is 5.65. The Balaban J connectivity index is 1.66. The topological polar surface area (TPSA) is 0 Å². The van der Waals surface area contributed by atoms with Crippen LogP contribution in [0.4, 0.5) is 0 Å². The molecule has 0 aromatic heterocycles. The summed E-state index contributed by atoms with van der Waals surface area (Å²) in [6.07, 6.45) is 0. The normalized spacial score (nSPS) is 10.3. The highest BCUT2D eigenvalue weighted by Crippen LogP contribution is 2.29. The van der Waals surface area contributed by atoms with Crippen LogP contribution in [-0.2, 0) is 0 Å². The van der Waals surface area contributed by atoms with Gasteiger partial charge in [-0.2, -0.15) is 0 Å². The minimum atomic E-state index is 0.992. The molecule has 5 aromatic rings. The molecular weight excluding hydrogens is 384 g/mol. The highest BCUT2D eigenvalue weighted by molar-refractivity contribution is 6.05. The van der Waals surface area contributed by atoms with Gasteiger partial charge in [0.1, 0.15) is 0 Å². The van der Waals surface area contributed by atoms with Gasteiger partial charge in [-0.15, -0.1) is 0 Å². The molecule has 0 unspecified atom stereocenters. The minimum absolute atomic E-state index is 0.992. The molecule has 0 heterocycles. The van der Waals surface area contributed by atoms with Crippen molar-refractivity contribution in [2.24, 2.45) is 0 Å². The maximum Gasteiger partial charge on any atom is 0.0406 e. The lowest BCUT2D eigenvalue weighted by Crippen LogP contribution is -1.87. The standard InChI is InChI=1S/C32H22/c1-23-7-11-25(12-8-23)15-16-27-17-19-29-22-28-5-3-4-6-30(28)31(32(29)21-27)20-18-26-13-9-24(2)10-14-26/h3-14,17,19,21-22H,1-2H3. The van der Waals surface area contributed by atoms with Crippen LogP contribution in [0.5, 0.6) is 0 Å². The lowest BCUT2D eigenvalue weighted by atomic mass is 9.95. The summed E-state index contributed by atoms with van der Waals surface area (Å²) in [4.78, 5) is 0. The van der Waals surface area contributed by atoms with Crippen molar-refractivity contribution >= 4 is 21.5 Å². The number of rotatable bonds is 0.